The van der Waals surface area contributed by atoms with Gasteiger partial charge in [0, 0.05) is 44.3 Å². The fourth-order valence-corrected chi connectivity index (χ4v) is 3.74. The Kier molecular flexibility index (Phi) is 5.25. The maximum absolute atomic E-state index is 12.5. The maximum Gasteiger partial charge on any atom is 0.238 e. The number of hydrogen-bond acceptors (Lipinski definition) is 5. The third-order valence-corrected chi connectivity index (χ3v) is 5.20. The second-order valence-electron chi connectivity index (χ2n) is 7.19. The van der Waals surface area contributed by atoms with Gasteiger partial charge in [-0.2, -0.15) is 5.10 Å². The summed E-state index contributed by atoms with van der Waals surface area (Å²) in [6.07, 6.45) is 4.57. The highest BCUT2D eigenvalue weighted by atomic mass is 16.2. The molecule has 2 aromatic heterocycles. The lowest BCUT2D eigenvalue weighted by molar-refractivity contribution is -0.117. The number of aromatic nitrogens is 3. The van der Waals surface area contributed by atoms with E-state index in [1.807, 2.05) is 35.8 Å². The first-order valence-electron chi connectivity index (χ1n) is 9.80. The number of anilines is 2. The molecule has 3 aromatic rings. The summed E-state index contributed by atoms with van der Waals surface area (Å²) >= 11 is 0. The number of aryl methyl sites for hydroxylation is 2. The van der Waals surface area contributed by atoms with Crippen molar-refractivity contribution in [2.75, 3.05) is 42.9 Å². The van der Waals surface area contributed by atoms with Crippen LogP contribution < -0.4 is 10.2 Å². The first kappa shape index (κ1) is 18.4. The van der Waals surface area contributed by atoms with E-state index in [2.05, 4.69) is 44.3 Å². The van der Waals surface area contributed by atoms with E-state index in [-0.39, 0.29) is 5.91 Å². The zero-order chi connectivity index (χ0) is 19.5. The second-order valence-corrected chi connectivity index (χ2v) is 7.19. The summed E-state index contributed by atoms with van der Waals surface area (Å²) < 4.78 is 1.88. The quantitative estimate of drug-likeness (QED) is 0.738. The zero-order valence-corrected chi connectivity index (χ0v) is 16.4. The van der Waals surface area contributed by atoms with Crippen molar-refractivity contribution in [3.8, 4) is 0 Å². The SMILES string of the molecule is CCc1ccccc1NC(=O)CN1CCN(c2nccn3nc(C)cc23)CC1. The number of amides is 1. The highest BCUT2D eigenvalue weighted by molar-refractivity contribution is 5.93. The number of benzene rings is 1. The molecule has 1 N–H and O–H groups in total. The topological polar surface area (TPSA) is 65.8 Å². The standard InChI is InChI=1S/C21H26N6O/c1-3-17-6-4-5-7-18(17)23-20(28)15-25-10-12-26(13-11-25)21-19-14-16(2)24-27(19)9-8-22-21/h4-9,14H,3,10-13,15H2,1-2H3,(H,23,28). The molecule has 1 aliphatic rings. The molecule has 1 fully saturated rings. The Hall–Kier alpha value is -2.93. The number of piperazine rings is 1. The number of nitrogens with one attached hydrogen (secondary N) is 1. The molecule has 0 saturated carbocycles. The third kappa shape index (κ3) is 3.84. The molecule has 0 bridgehead atoms. The number of para-hydroxylation sites is 1. The molecule has 0 aliphatic carbocycles. The van der Waals surface area contributed by atoms with Crippen LogP contribution in [0.25, 0.3) is 5.52 Å². The van der Waals surface area contributed by atoms with Crippen LogP contribution in [0.2, 0.25) is 0 Å². The molecule has 0 spiro atoms. The minimum absolute atomic E-state index is 0.0426. The Bertz CT molecular complexity index is 974. The van der Waals surface area contributed by atoms with Crippen LogP contribution in [0.3, 0.4) is 0 Å². The summed E-state index contributed by atoms with van der Waals surface area (Å²) in [5.41, 5.74) is 4.09. The Morgan fingerprint density at radius 3 is 2.75 bits per heavy atom. The van der Waals surface area contributed by atoms with Gasteiger partial charge < -0.3 is 10.2 Å². The molecule has 1 saturated heterocycles. The average Bonchev–Trinajstić information content (AvgIpc) is 3.09. The highest BCUT2D eigenvalue weighted by Gasteiger charge is 2.22. The first-order valence-corrected chi connectivity index (χ1v) is 9.80. The molecule has 1 amide bonds. The van der Waals surface area contributed by atoms with Gasteiger partial charge in [-0.15, -0.1) is 0 Å². The Labute approximate surface area is 165 Å². The molecule has 1 aromatic carbocycles. The van der Waals surface area contributed by atoms with Crippen molar-refractivity contribution in [1.82, 2.24) is 19.5 Å². The van der Waals surface area contributed by atoms with E-state index < -0.39 is 0 Å². The van der Waals surface area contributed by atoms with E-state index >= 15 is 0 Å². The molecule has 4 rings (SSSR count). The Morgan fingerprint density at radius 1 is 1.18 bits per heavy atom. The smallest absolute Gasteiger partial charge is 0.238 e. The molecule has 0 radical (unpaired) electrons. The van der Waals surface area contributed by atoms with E-state index in [1.54, 1.807) is 6.20 Å². The van der Waals surface area contributed by atoms with Crippen LogP contribution in [0.4, 0.5) is 11.5 Å². The van der Waals surface area contributed by atoms with Gasteiger partial charge in [0.05, 0.1) is 12.2 Å². The summed E-state index contributed by atoms with van der Waals surface area (Å²) in [6, 6.07) is 10.0. The van der Waals surface area contributed by atoms with Crippen LogP contribution in [-0.2, 0) is 11.2 Å². The lowest BCUT2D eigenvalue weighted by Crippen LogP contribution is -2.49. The van der Waals surface area contributed by atoms with Crippen LogP contribution in [0.1, 0.15) is 18.2 Å². The molecule has 0 atom stereocenters. The molecular weight excluding hydrogens is 352 g/mol. The summed E-state index contributed by atoms with van der Waals surface area (Å²) in [7, 11) is 0. The summed E-state index contributed by atoms with van der Waals surface area (Å²) in [5.74, 6) is 1.00. The molecule has 3 heterocycles. The normalized spacial score (nSPS) is 15.1. The van der Waals surface area contributed by atoms with Gasteiger partial charge in [0.25, 0.3) is 0 Å². The van der Waals surface area contributed by atoms with Crippen LogP contribution >= 0.6 is 0 Å². The molecule has 28 heavy (non-hydrogen) atoms. The number of nitrogens with zero attached hydrogens (tertiary/aromatic N) is 5. The summed E-state index contributed by atoms with van der Waals surface area (Å²) in [4.78, 5) is 21.5. The van der Waals surface area contributed by atoms with E-state index in [4.69, 9.17) is 0 Å². The lowest BCUT2D eigenvalue weighted by atomic mass is 10.1. The van der Waals surface area contributed by atoms with Gasteiger partial charge in [-0.3, -0.25) is 9.69 Å². The monoisotopic (exact) mass is 378 g/mol. The van der Waals surface area contributed by atoms with Crippen molar-refractivity contribution in [3.63, 3.8) is 0 Å². The lowest BCUT2D eigenvalue weighted by Gasteiger charge is -2.35. The fraction of sp³-hybridized carbons (Fsp3) is 0.381. The molecule has 1 aliphatic heterocycles. The van der Waals surface area contributed by atoms with Gasteiger partial charge in [-0.1, -0.05) is 25.1 Å². The van der Waals surface area contributed by atoms with Crippen molar-refractivity contribution < 1.29 is 4.79 Å². The third-order valence-electron chi connectivity index (χ3n) is 5.20. The molecule has 7 heteroatoms. The number of rotatable bonds is 5. The maximum atomic E-state index is 12.5. The van der Waals surface area contributed by atoms with Crippen molar-refractivity contribution in [2.24, 2.45) is 0 Å². The van der Waals surface area contributed by atoms with Crippen molar-refractivity contribution >= 4 is 22.9 Å². The van der Waals surface area contributed by atoms with Gasteiger partial charge in [0.1, 0.15) is 5.52 Å². The first-order chi connectivity index (χ1) is 13.6. The second kappa shape index (κ2) is 7.98. The summed E-state index contributed by atoms with van der Waals surface area (Å²) in [5, 5.41) is 7.52. The minimum Gasteiger partial charge on any atom is -0.352 e. The minimum atomic E-state index is 0.0426. The van der Waals surface area contributed by atoms with Crippen molar-refractivity contribution in [1.29, 1.82) is 0 Å². The molecule has 7 nitrogen and oxygen atoms in total. The van der Waals surface area contributed by atoms with Crippen LogP contribution in [-0.4, -0.2) is 58.1 Å². The van der Waals surface area contributed by atoms with Crippen LogP contribution in [0, 0.1) is 6.92 Å². The Balaban J connectivity index is 1.36. The van der Waals surface area contributed by atoms with E-state index in [1.165, 1.54) is 0 Å². The van der Waals surface area contributed by atoms with E-state index in [9.17, 15) is 4.79 Å². The largest absolute Gasteiger partial charge is 0.352 e. The summed E-state index contributed by atoms with van der Waals surface area (Å²) in [6.45, 7) is 7.85. The number of fused-ring (bicyclic) bond motifs is 1. The van der Waals surface area contributed by atoms with Gasteiger partial charge >= 0.3 is 0 Å². The fourth-order valence-electron chi connectivity index (χ4n) is 3.74. The van der Waals surface area contributed by atoms with Crippen molar-refractivity contribution in [2.45, 2.75) is 20.3 Å². The number of carbonyl (C=O) groups is 1. The average molecular weight is 378 g/mol. The highest BCUT2D eigenvalue weighted by Crippen LogP contribution is 2.21. The van der Waals surface area contributed by atoms with Crippen LogP contribution in [0.5, 0.6) is 0 Å². The van der Waals surface area contributed by atoms with Crippen molar-refractivity contribution in [3.05, 3.63) is 54.0 Å². The molecular formula is C21H26N6O. The Morgan fingerprint density at radius 2 is 1.96 bits per heavy atom. The van der Waals surface area contributed by atoms with Gasteiger partial charge in [-0.25, -0.2) is 9.50 Å². The predicted molar refractivity (Wildman–Crippen MR) is 111 cm³/mol. The number of carbonyl (C=O) groups excluding carboxylic acids is 1. The van der Waals surface area contributed by atoms with E-state index in [0.717, 1.165) is 60.9 Å². The zero-order valence-electron chi connectivity index (χ0n) is 16.4. The number of hydrogen-bond donors (Lipinski definition) is 1. The molecule has 146 valence electrons. The molecule has 0 unspecified atom stereocenters. The predicted octanol–water partition coefficient (Wildman–Crippen LogP) is 2.36. The van der Waals surface area contributed by atoms with Gasteiger partial charge in [-0.05, 0) is 31.0 Å². The van der Waals surface area contributed by atoms with E-state index in [0.29, 0.717) is 6.54 Å². The van der Waals surface area contributed by atoms with Gasteiger partial charge in [0.15, 0.2) is 5.82 Å². The van der Waals surface area contributed by atoms with Gasteiger partial charge in [0.2, 0.25) is 5.91 Å². The van der Waals surface area contributed by atoms with Crippen LogP contribution in [0.15, 0.2) is 42.7 Å².